The zero-order valence-corrected chi connectivity index (χ0v) is 9.69. The molecule has 0 unspecified atom stereocenters. The van der Waals surface area contributed by atoms with Crippen LogP contribution in [0.4, 0.5) is 22.0 Å². The Balaban J connectivity index is 0. The molecular formula is C7H10F5NO4S. The first kappa shape index (κ1) is 19.2. The maximum atomic E-state index is 12.5. The van der Waals surface area contributed by atoms with E-state index in [9.17, 15) is 26.7 Å². The van der Waals surface area contributed by atoms with Crippen molar-refractivity contribution in [3.05, 3.63) is 0 Å². The molecule has 0 heterocycles. The van der Waals surface area contributed by atoms with E-state index in [2.05, 4.69) is 0 Å². The first-order chi connectivity index (χ1) is 7.86. The Hall–Kier alpha value is -1.10. The van der Waals surface area contributed by atoms with Crippen LogP contribution in [-0.4, -0.2) is 52.3 Å². The summed E-state index contributed by atoms with van der Waals surface area (Å²) in [6.45, 7) is 0. The summed E-state index contributed by atoms with van der Waals surface area (Å²) < 4.78 is 56.8. The zero-order chi connectivity index (χ0) is 15.1. The van der Waals surface area contributed by atoms with Crippen molar-refractivity contribution in [1.82, 2.24) is 0 Å². The smallest absolute Gasteiger partial charge is 0.480 e. The number of nitrogens with two attached hydrogens (primary N) is 1. The number of thioether (sulfide) groups is 1. The lowest BCUT2D eigenvalue weighted by Crippen LogP contribution is -2.48. The number of alkyl halides is 5. The lowest BCUT2D eigenvalue weighted by molar-refractivity contribution is -0.192. The van der Waals surface area contributed by atoms with Crippen LogP contribution in [0.1, 0.15) is 0 Å². The van der Waals surface area contributed by atoms with Crippen LogP contribution in [0.3, 0.4) is 0 Å². The monoisotopic (exact) mass is 299 g/mol. The molecule has 108 valence electrons. The lowest BCUT2D eigenvalue weighted by Gasteiger charge is -2.18. The van der Waals surface area contributed by atoms with Crippen molar-refractivity contribution in [2.45, 2.75) is 18.1 Å². The largest absolute Gasteiger partial charge is 0.490 e. The van der Waals surface area contributed by atoms with Crippen LogP contribution in [0.25, 0.3) is 0 Å². The molecule has 0 aromatic heterocycles. The molecule has 0 aromatic carbocycles. The molecule has 0 aliphatic heterocycles. The van der Waals surface area contributed by atoms with Gasteiger partial charge in [0.2, 0.25) is 0 Å². The number of hydrogen-bond acceptors (Lipinski definition) is 4. The Bertz CT molecular complexity index is 296. The second-order valence-corrected chi connectivity index (χ2v) is 3.68. The molecule has 0 aliphatic rings. The maximum Gasteiger partial charge on any atom is 0.490 e. The van der Waals surface area contributed by atoms with Gasteiger partial charge >= 0.3 is 18.1 Å². The number of halogens is 5. The number of hydrogen-bond donors (Lipinski definition) is 3. The van der Waals surface area contributed by atoms with Gasteiger partial charge in [0.05, 0.1) is 5.75 Å². The van der Waals surface area contributed by atoms with E-state index in [1.807, 2.05) is 0 Å². The summed E-state index contributed by atoms with van der Waals surface area (Å²) in [6.07, 6.45) is -3.62. The summed E-state index contributed by atoms with van der Waals surface area (Å²) in [5, 5.41) is 15.3. The van der Waals surface area contributed by atoms with E-state index in [1.165, 1.54) is 6.26 Å². The Morgan fingerprint density at radius 3 is 1.72 bits per heavy atom. The van der Waals surface area contributed by atoms with E-state index < -0.39 is 35.8 Å². The van der Waals surface area contributed by atoms with Crippen molar-refractivity contribution >= 4 is 23.7 Å². The molecule has 0 amide bonds. The Labute approximate surface area is 102 Å². The molecular weight excluding hydrogens is 289 g/mol. The van der Waals surface area contributed by atoms with Crippen molar-refractivity contribution in [3.8, 4) is 0 Å². The van der Waals surface area contributed by atoms with Crippen LogP contribution in [-0.2, 0) is 9.59 Å². The molecule has 5 nitrogen and oxygen atoms in total. The van der Waals surface area contributed by atoms with Gasteiger partial charge in [-0.25, -0.2) is 13.6 Å². The van der Waals surface area contributed by atoms with Gasteiger partial charge in [0.15, 0.2) is 6.04 Å². The van der Waals surface area contributed by atoms with Crippen molar-refractivity contribution in [3.63, 3.8) is 0 Å². The number of rotatable bonds is 4. The summed E-state index contributed by atoms with van der Waals surface area (Å²) in [6, 6.07) is -2.10. The van der Waals surface area contributed by atoms with Crippen LogP contribution in [0.2, 0.25) is 0 Å². The normalized spacial score (nSPS) is 13.3. The summed E-state index contributed by atoms with van der Waals surface area (Å²) >= 11 is 0.861. The third kappa shape index (κ3) is 8.06. The zero-order valence-electron chi connectivity index (χ0n) is 8.87. The molecule has 0 saturated carbocycles. The second-order valence-electron chi connectivity index (χ2n) is 2.81. The van der Waals surface area contributed by atoms with Crippen molar-refractivity contribution in [2.24, 2.45) is 5.73 Å². The first-order valence-corrected chi connectivity index (χ1v) is 5.41. The fourth-order valence-electron chi connectivity index (χ4n) is 0.463. The van der Waals surface area contributed by atoms with Gasteiger partial charge < -0.3 is 15.9 Å². The van der Waals surface area contributed by atoms with Gasteiger partial charge in [-0.2, -0.15) is 24.9 Å². The van der Waals surface area contributed by atoms with Crippen LogP contribution in [0.15, 0.2) is 0 Å². The van der Waals surface area contributed by atoms with Gasteiger partial charge in [-0.05, 0) is 6.26 Å². The maximum absolute atomic E-state index is 12.5. The summed E-state index contributed by atoms with van der Waals surface area (Å²) in [5.74, 6) is -8.33. The van der Waals surface area contributed by atoms with Crippen LogP contribution < -0.4 is 5.73 Å². The predicted octanol–water partition coefficient (Wildman–Crippen LogP) is 1.03. The fourth-order valence-corrected chi connectivity index (χ4v) is 1.03. The van der Waals surface area contributed by atoms with E-state index in [0.717, 1.165) is 11.8 Å². The molecule has 4 N–H and O–H groups in total. The number of carboxylic acids is 2. The standard InChI is InChI=1S/C5H9F2NO2S.C2HF3O2/c1-11-2-5(6,7)3(8)4(9)10;3-2(4,5)1(6)7/h3H,2,8H2,1H3,(H,9,10);(H,6,7)/t3-;/m1./s1. The highest BCUT2D eigenvalue weighted by Gasteiger charge is 2.41. The summed E-state index contributed by atoms with van der Waals surface area (Å²) in [5.41, 5.74) is 4.72. The van der Waals surface area contributed by atoms with Gasteiger partial charge in [0.1, 0.15) is 0 Å². The van der Waals surface area contributed by atoms with E-state index >= 15 is 0 Å². The van der Waals surface area contributed by atoms with Crippen LogP contribution in [0, 0.1) is 0 Å². The van der Waals surface area contributed by atoms with Crippen LogP contribution >= 0.6 is 11.8 Å². The van der Waals surface area contributed by atoms with Crippen LogP contribution in [0.5, 0.6) is 0 Å². The van der Waals surface area contributed by atoms with Gasteiger partial charge in [-0.3, -0.25) is 4.79 Å². The van der Waals surface area contributed by atoms with Gasteiger partial charge in [0, 0.05) is 0 Å². The van der Waals surface area contributed by atoms with Crippen molar-refractivity contribution < 1.29 is 41.8 Å². The average molecular weight is 299 g/mol. The minimum absolute atomic E-state index is 0.569. The number of aliphatic carboxylic acids is 2. The van der Waals surface area contributed by atoms with Crippen molar-refractivity contribution in [2.75, 3.05) is 12.0 Å². The van der Waals surface area contributed by atoms with E-state index in [1.54, 1.807) is 0 Å². The van der Waals surface area contributed by atoms with E-state index in [0.29, 0.717) is 0 Å². The predicted molar refractivity (Wildman–Crippen MR) is 52.6 cm³/mol. The van der Waals surface area contributed by atoms with E-state index in [-0.39, 0.29) is 0 Å². The molecule has 0 fully saturated rings. The SMILES string of the molecule is CSCC(F)(F)[C@H](N)C(=O)O.O=C(O)C(F)(F)F. The van der Waals surface area contributed by atoms with Crippen molar-refractivity contribution in [1.29, 1.82) is 0 Å². The number of carboxylic acid groups (broad SMARTS) is 2. The Morgan fingerprint density at radius 1 is 1.22 bits per heavy atom. The highest BCUT2D eigenvalue weighted by molar-refractivity contribution is 7.98. The van der Waals surface area contributed by atoms with Gasteiger partial charge in [-0.15, -0.1) is 0 Å². The topological polar surface area (TPSA) is 101 Å². The minimum Gasteiger partial charge on any atom is -0.480 e. The summed E-state index contributed by atoms with van der Waals surface area (Å²) in [7, 11) is 0. The quantitative estimate of drug-likeness (QED) is 0.670. The molecule has 0 bridgehead atoms. The van der Waals surface area contributed by atoms with Gasteiger partial charge in [-0.1, -0.05) is 0 Å². The lowest BCUT2D eigenvalue weighted by atomic mass is 10.2. The highest BCUT2D eigenvalue weighted by atomic mass is 32.2. The molecule has 11 heteroatoms. The molecule has 0 radical (unpaired) electrons. The molecule has 1 atom stereocenters. The number of carbonyl (C=O) groups is 2. The third-order valence-electron chi connectivity index (χ3n) is 1.30. The first-order valence-electron chi connectivity index (χ1n) is 4.01. The molecule has 0 aliphatic carbocycles. The third-order valence-corrected chi connectivity index (χ3v) is 1.97. The Morgan fingerprint density at radius 2 is 1.56 bits per heavy atom. The molecule has 0 saturated heterocycles. The Kier molecular flexibility index (Phi) is 7.87. The van der Waals surface area contributed by atoms with Gasteiger partial charge in [0.25, 0.3) is 5.92 Å². The molecule has 0 spiro atoms. The van der Waals surface area contributed by atoms with E-state index in [4.69, 9.17) is 20.7 Å². The fraction of sp³-hybridized carbons (Fsp3) is 0.714. The molecule has 0 aromatic rings. The summed E-state index contributed by atoms with van der Waals surface area (Å²) in [4.78, 5) is 18.9. The molecule has 0 rings (SSSR count). The minimum atomic E-state index is -5.08. The average Bonchev–Trinajstić information content (AvgIpc) is 2.15. The molecule has 18 heavy (non-hydrogen) atoms. The highest BCUT2D eigenvalue weighted by Crippen LogP contribution is 2.21. The second kappa shape index (κ2) is 7.36.